The maximum atomic E-state index is 11.9. The van der Waals surface area contributed by atoms with Crippen molar-refractivity contribution in [3.05, 3.63) is 48.3 Å². The molecule has 3 heterocycles. The molecular formula is C21H32IN5O3. The van der Waals surface area contributed by atoms with Gasteiger partial charge in [0.2, 0.25) is 0 Å². The summed E-state index contributed by atoms with van der Waals surface area (Å²) in [6, 6.07) is 7.43. The molecule has 9 heteroatoms. The molecule has 0 aromatic carbocycles. The lowest BCUT2D eigenvalue weighted by atomic mass is 10.1. The van der Waals surface area contributed by atoms with E-state index in [4.69, 9.17) is 13.8 Å². The van der Waals surface area contributed by atoms with Crippen LogP contribution in [0.25, 0.3) is 0 Å². The molecule has 0 saturated carbocycles. The van der Waals surface area contributed by atoms with Gasteiger partial charge < -0.3 is 24.8 Å². The number of rotatable bonds is 9. The van der Waals surface area contributed by atoms with E-state index >= 15 is 0 Å². The summed E-state index contributed by atoms with van der Waals surface area (Å²) in [6.07, 6.45) is 6.93. The predicted molar refractivity (Wildman–Crippen MR) is 127 cm³/mol. The van der Waals surface area contributed by atoms with Crippen molar-refractivity contribution in [1.29, 1.82) is 0 Å². The Morgan fingerprint density at radius 2 is 1.80 bits per heavy atom. The summed E-state index contributed by atoms with van der Waals surface area (Å²) < 4.78 is 10.8. The third-order valence-electron chi connectivity index (χ3n) is 4.92. The van der Waals surface area contributed by atoms with Crippen molar-refractivity contribution in [1.82, 2.24) is 20.9 Å². The zero-order valence-corrected chi connectivity index (χ0v) is 19.8. The molecule has 1 aliphatic rings. The van der Waals surface area contributed by atoms with Gasteiger partial charge in [0.05, 0.1) is 25.1 Å². The SMILES string of the molecule is CCNC(=NCC(c1ccco1)N1CCCCC1)NCCNC(=O)c1ccco1.I. The molecule has 0 radical (unpaired) electrons. The standard InChI is InChI=1S/C21H31N5O3.HI/c1-2-22-21(24-11-10-23-20(27)19-9-7-15-29-19)25-16-17(18-8-6-14-28-18)26-12-4-3-5-13-26;/h6-9,14-15,17H,2-5,10-13,16H2,1H3,(H,23,27)(H2,22,24,25);1H. The molecule has 2 aromatic rings. The van der Waals surface area contributed by atoms with Gasteiger partial charge in [0, 0.05) is 19.6 Å². The lowest BCUT2D eigenvalue weighted by Crippen LogP contribution is -2.42. The Hall–Kier alpha value is -2.01. The fourth-order valence-corrected chi connectivity index (χ4v) is 3.47. The van der Waals surface area contributed by atoms with Crippen LogP contribution in [0.2, 0.25) is 0 Å². The number of amides is 1. The number of nitrogens with zero attached hydrogens (tertiary/aromatic N) is 2. The van der Waals surface area contributed by atoms with E-state index in [9.17, 15) is 4.79 Å². The second kappa shape index (κ2) is 13.3. The molecule has 1 saturated heterocycles. The molecule has 166 valence electrons. The fraction of sp³-hybridized carbons (Fsp3) is 0.524. The maximum absolute atomic E-state index is 11.9. The highest BCUT2D eigenvalue weighted by Gasteiger charge is 2.24. The molecule has 0 bridgehead atoms. The van der Waals surface area contributed by atoms with Crippen LogP contribution in [0, 0.1) is 0 Å². The van der Waals surface area contributed by atoms with Gasteiger partial charge in [0.1, 0.15) is 5.76 Å². The Morgan fingerprint density at radius 1 is 1.07 bits per heavy atom. The van der Waals surface area contributed by atoms with Gasteiger partial charge in [-0.05, 0) is 57.1 Å². The van der Waals surface area contributed by atoms with Crippen LogP contribution in [0.4, 0.5) is 0 Å². The number of hydrogen-bond acceptors (Lipinski definition) is 5. The normalized spacial score (nSPS) is 15.8. The number of likely N-dealkylation sites (tertiary alicyclic amines) is 1. The summed E-state index contributed by atoms with van der Waals surface area (Å²) in [6.45, 7) is 6.59. The van der Waals surface area contributed by atoms with E-state index < -0.39 is 0 Å². The number of hydrogen-bond donors (Lipinski definition) is 3. The lowest BCUT2D eigenvalue weighted by Gasteiger charge is -2.32. The topological polar surface area (TPSA) is 95.0 Å². The molecule has 30 heavy (non-hydrogen) atoms. The second-order valence-electron chi connectivity index (χ2n) is 7.01. The lowest BCUT2D eigenvalue weighted by molar-refractivity contribution is 0.0926. The minimum atomic E-state index is -0.221. The van der Waals surface area contributed by atoms with Crippen LogP contribution in [0.3, 0.4) is 0 Å². The first-order chi connectivity index (χ1) is 14.3. The van der Waals surface area contributed by atoms with Gasteiger partial charge in [-0.2, -0.15) is 0 Å². The molecule has 2 aromatic heterocycles. The first-order valence-corrected chi connectivity index (χ1v) is 10.4. The van der Waals surface area contributed by atoms with Gasteiger partial charge in [-0.25, -0.2) is 0 Å². The second-order valence-corrected chi connectivity index (χ2v) is 7.01. The van der Waals surface area contributed by atoms with Gasteiger partial charge in [0.15, 0.2) is 11.7 Å². The van der Waals surface area contributed by atoms with Crippen LogP contribution in [-0.2, 0) is 0 Å². The maximum Gasteiger partial charge on any atom is 0.287 e. The van der Waals surface area contributed by atoms with E-state index in [1.807, 2.05) is 19.1 Å². The number of halogens is 1. The van der Waals surface area contributed by atoms with Crippen molar-refractivity contribution >= 4 is 35.8 Å². The predicted octanol–water partition coefficient (Wildman–Crippen LogP) is 3.00. The molecule has 1 fully saturated rings. The van der Waals surface area contributed by atoms with Crippen LogP contribution in [-0.4, -0.2) is 56.0 Å². The van der Waals surface area contributed by atoms with Gasteiger partial charge in [-0.15, -0.1) is 24.0 Å². The molecular weight excluding hydrogens is 497 g/mol. The molecule has 3 N–H and O–H groups in total. The summed E-state index contributed by atoms with van der Waals surface area (Å²) in [4.78, 5) is 19.1. The Labute approximate surface area is 194 Å². The molecule has 1 amide bonds. The van der Waals surface area contributed by atoms with Crippen molar-refractivity contribution < 1.29 is 13.6 Å². The van der Waals surface area contributed by atoms with E-state index in [2.05, 4.69) is 20.9 Å². The molecule has 3 rings (SSSR count). The van der Waals surface area contributed by atoms with E-state index in [0.717, 1.165) is 31.4 Å². The van der Waals surface area contributed by atoms with Gasteiger partial charge in [-0.1, -0.05) is 6.42 Å². The Morgan fingerprint density at radius 3 is 2.47 bits per heavy atom. The Kier molecular flexibility index (Phi) is 10.8. The zero-order chi connectivity index (χ0) is 20.3. The van der Waals surface area contributed by atoms with Gasteiger partial charge >= 0.3 is 0 Å². The number of aliphatic imine (C=N–C) groups is 1. The Balaban J connectivity index is 0.00000320. The van der Waals surface area contributed by atoms with Gasteiger partial charge in [-0.3, -0.25) is 14.7 Å². The smallest absolute Gasteiger partial charge is 0.287 e. The monoisotopic (exact) mass is 529 g/mol. The average molecular weight is 529 g/mol. The van der Waals surface area contributed by atoms with Crippen molar-refractivity contribution in [2.24, 2.45) is 4.99 Å². The summed E-state index contributed by atoms with van der Waals surface area (Å²) in [5.74, 6) is 1.78. The number of guanidine groups is 1. The third-order valence-corrected chi connectivity index (χ3v) is 4.92. The quantitative estimate of drug-likeness (QED) is 0.200. The molecule has 1 aliphatic heterocycles. The number of nitrogens with one attached hydrogen (secondary N) is 3. The highest BCUT2D eigenvalue weighted by Crippen LogP contribution is 2.25. The van der Waals surface area contributed by atoms with E-state index in [1.165, 1.54) is 25.5 Å². The van der Waals surface area contributed by atoms with Crippen LogP contribution < -0.4 is 16.0 Å². The first-order valence-electron chi connectivity index (χ1n) is 10.4. The minimum Gasteiger partial charge on any atom is -0.468 e. The summed E-state index contributed by atoms with van der Waals surface area (Å²) in [5.41, 5.74) is 0. The van der Waals surface area contributed by atoms with E-state index in [-0.39, 0.29) is 35.9 Å². The highest BCUT2D eigenvalue weighted by molar-refractivity contribution is 14.0. The number of piperidine rings is 1. The van der Waals surface area contributed by atoms with Crippen molar-refractivity contribution in [3.63, 3.8) is 0 Å². The van der Waals surface area contributed by atoms with Crippen molar-refractivity contribution in [2.75, 3.05) is 39.3 Å². The van der Waals surface area contributed by atoms with Crippen molar-refractivity contribution in [3.8, 4) is 0 Å². The summed E-state index contributed by atoms with van der Waals surface area (Å²) in [5, 5.41) is 9.35. The molecule has 8 nitrogen and oxygen atoms in total. The van der Waals surface area contributed by atoms with E-state index in [1.54, 1.807) is 18.4 Å². The summed E-state index contributed by atoms with van der Waals surface area (Å²) >= 11 is 0. The highest BCUT2D eigenvalue weighted by atomic mass is 127. The first kappa shape index (κ1) is 24.3. The van der Waals surface area contributed by atoms with Crippen LogP contribution >= 0.6 is 24.0 Å². The minimum absolute atomic E-state index is 0. The van der Waals surface area contributed by atoms with Crippen LogP contribution in [0.15, 0.2) is 50.6 Å². The summed E-state index contributed by atoms with van der Waals surface area (Å²) in [7, 11) is 0. The van der Waals surface area contributed by atoms with Crippen LogP contribution in [0.5, 0.6) is 0 Å². The molecule has 0 aliphatic carbocycles. The molecule has 1 atom stereocenters. The van der Waals surface area contributed by atoms with Gasteiger partial charge in [0.25, 0.3) is 5.91 Å². The largest absolute Gasteiger partial charge is 0.468 e. The molecule has 1 unspecified atom stereocenters. The number of carbonyl (C=O) groups excluding carboxylic acids is 1. The average Bonchev–Trinajstić information content (AvgIpc) is 3.46. The molecule has 0 spiro atoms. The fourth-order valence-electron chi connectivity index (χ4n) is 3.47. The van der Waals surface area contributed by atoms with Crippen LogP contribution in [0.1, 0.15) is 48.5 Å². The Bertz CT molecular complexity index is 743. The number of carbonyl (C=O) groups is 1. The van der Waals surface area contributed by atoms with E-state index in [0.29, 0.717) is 25.4 Å². The zero-order valence-electron chi connectivity index (χ0n) is 17.4. The third kappa shape index (κ3) is 7.35. The number of furan rings is 2. The van der Waals surface area contributed by atoms with Crippen molar-refractivity contribution in [2.45, 2.75) is 32.2 Å².